The number of aromatic nitrogens is 5. The zero-order chi connectivity index (χ0) is 73.2. The van der Waals surface area contributed by atoms with Gasteiger partial charge in [0, 0.05) is 61.1 Å². The predicted octanol–water partition coefficient (Wildman–Crippen LogP) is 25.2. The highest BCUT2D eigenvalue weighted by molar-refractivity contribution is 6.06. The van der Waals surface area contributed by atoms with Gasteiger partial charge >= 0.3 is 0 Å². The fraction of sp³-hybridized carbons (Fsp3) is 0.0283. The van der Waals surface area contributed by atoms with Gasteiger partial charge in [0.1, 0.15) is 0 Å². The Balaban J connectivity index is 0.000000137. The van der Waals surface area contributed by atoms with Crippen LogP contribution in [0.3, 0.4) is 0 Å². The van der Waals surface area contributed by atoms with Crippen molar-refractivity contribution < 1.29 is 0 Å². The first kappa shape index (κ1) is 63.8. The largest absolute Gasteiger partial charge is 0.309 e. The van der Waals surface area contributed by atoms with Crippen LogP contribution < -0.4 is 0 Å². The SMILES string of the molecule is c1ccc(-c2nc(-c3ccccc3)nc(-c3cccc(-c4ccc(-n5c6c(c7ccccc75)C5(c7ccccc7-c7ccccc75)c5ccccc5-6)cc4)c3)n2)cc1.c1ccc(C2(c3ccccc3)c3ccccc3-c3ccc(-n4c5c(c6ccccc64)C(c4ccccc4)(c4ccccc4)c4ccccc4-5)cc32)cc1. The molecule has 3 aromatic heterocycles. The van der Waals surface area contributed by atoms with Crippen molar-refractivity contribution in [2.45, 2.75) is 16.2 Å². The third kappa shape index (κ3) is 9.33. The molecule has 3 heterocycles. The molecule has 0 saturated heterocycles. The first-order chi connectivity index (χ1) is 55.1. The van der Waals surface area contributed by atoms with Crippen LogP contribution in [0.2, 0.25) is 0 Å². The second-order valence-corrected chi connectivity index (χ2v) is 29.5. The Morgan fingerprint density at radius 3 is 0.973 bits per heavy atom. The van der Waals surface area contributed by atoms with Crippen molar-refractivity contribution >= 4 is 21.8 Å². The molecule has 5 heteroatoms. The predicted molar refractivity (Wildman–Crippen MR) is 453 cm³/mol. The molecular formula is C106H69N5. The van der Waals surface area contributed by atoms with E-state index in [0.717, 1.165) is 39.2 Å². The van der Waals surface area contributed by atoms with Crippen molar-refractivity contribution in [3.05, 3.63) is 485 Å². The molecule has 5 nitrogen and oxygen atoms in total. The summed E-state index contributed by atoms with van der Waals surface area (Å²) in [6.07, 6.45) is 0. The molecule has 518 valence electrons. The minimum atomic E-state index is -0.496. The smallest absolute Gasteiger partial charge is 0.164 e. The third-order valence-corrected chi connectivity index (χ3v) is 24.0. The number of benzene rings is 16. The van der Waals surface area contributed by atoms with E-state index in [1.54, 1.807) is 0 Å². The summed E-state index contributed by atoms with van der Waals surface area (Å²) >= 11 is 0. The van der Waals surface area contributed by atoms with Crippen LogP contribution in [0.5, 0.6) is 0 Å². The number of hydrogen-bond donors (Lipinski definition) is 0. The Bertz CT molecular complexity index is 6680. The van der Waals surface area contributed by atoms with E-state index in [9.17, 15) is 0 Å². The molecule has 16 aromatic carbocycles. The highest BCUT2D eigenvalue weighted by atomic mass is 15.0. The van der Waals surface area contributed by atoms with Crippen LogP contribution >= 0.6 is 0 Å². The molecular weight excluding hydrogens is 1340 g/mol. The van der Waals surface area contributed by atoms with Crippen molar-refractivity contribution in [3.8, 4) is 101 Å². The summed E-state index contributed by atoms with van der Waals surface area (Å²) in [6, 6.07) is 153. The lowest BCUT2D eigenvalue weighted by molar-refractivity contribution is 0.767. The summed E-state index contributed by atoms with van der Waals surface area (Å²) in [5, 5.41) is 2.55. The molecule has 1 spiro atoms. The van der Waals surface area contributed by atoms with Crippen LogP contribution in [-0.4, -0.2) is 24.1 Å². The molecule has 4 aliphatic rings. The first-order valence-corrected chi connectivity index (χ1v) is 38.3. The van der Waals surface area contributed by atoms with Gasteiger partial charge in [-0.3, -0.25) is 0 Å². The van der Waals surface area contributed by atoms with Crippen LogP contribution in [0.25, 0.3) is 123 Å². The van der Waals surface area contributed by atoms with Crippen molar-refractivity contribution in [1.29, 1.82) is 0 Å². The first-order valence-electron chi connectivity index (χ1n) is 38.3. The molecule has 0 aliphatic heterocycles. The fourth-order valence-electron chi connectivity index (χ4n) is 19.7. The van der Waals surface area contributed by atoms with E-state index in [0.29, 0.717) is 17.5 Å². The highest BCUT2D eigenvalue weighted by Gasteiger charge is 2.55. The van der Waals surface area contributed by atoms with Gasteiger partial charge in [-0.2, -0.15) is 0 Å². The van der Waals surface area contributed by atoms with Crippen LogP contribution in [-0.2, 0) is 16.2 Å². The van der Waals surface area contributed by atoms with E-state index in [-0.39, 0.29) is 0 Å². The lowest BCUT2D eigenvalue weighted by Crippen LogP contribution is -2.28. The minimum absolute atomic E-state index is 0.417. The summed E-state index contributed by atoms with van der Waals surface area (Å²) in [6.45, 7) is 0. The monoisotopic (exact) mass is 1410 g/mol. The molecule has 4 aliphatic carbocycles. The van der Waals surface area contributed by atoms with E-state index in [1.807, 2.05) is 60.7 Å². The molecule has 0 unspecified atom stereocenters. The Labute approximate surface area is 644 Å². The van der Waals surface area contributed by atoms with Gasteiger partial charge in [0.15, 0.2) is 17.5 Å². The number of rotatable bonds is 10. The van der Waals surface area contributed by atoms with Gasteiger partial charge in [-0.25, -0.2) is 15.0 Å². The van der Waals surface area contributed by atoms with Gasteiger partial charge in [-0.15, -0.1) is 0 Å². The summed E-state index contributed by atoms with van der Waals surface area (Å²) in [7, 11) is 0. The Kier molecular flexibility index (Phi) is 14.6. The van der Waals surface area contributed by atoms with Crippen LogP contribution in [0.4, 0.5) is 0 Å². The van der Waals surface area contributed by atoms with Crippen molar-refractivity contribution in [2.24, 2.45) is 0 Å². The molecule has 111 heavy (non-hydrogen) atoms. The Hall–Kier alpha value is -14.4. The van der Waals surface area contributed by atoms with Crippen molar-refractivity contribution in [1.82, 2.24) is 24.1 Å². The molecule has 0 fully saturated rings. The van der Waals surface area contributed by atoms with E-state index in [1.165, 1.54) is 133 Å². The van der Waals surface area contributed by atoms with E-state index >= 15 is 0 Å². The summed E-state index contributed by atoms with van der Waals surface area (Å²) in [5.41, 5.74) is 34.4. The maximum atomic E-state index is 5.00. The Morgan fingerprint density at radius 2 is 0.505 bits per heavy atom. The van der Waals surface area contributed by atoms with E-state index in [2.05, 4.69) is 367 Å². The molecule has 23 rings (SSSR count). The van der Waals surface area contributed by atoms with Crippen LogP contribution in [0.1, 0.15) is 66.8 Å². The average molecular weight is 1410 g/mol. The second-order valence-electron chi connectivity index (χ2n) is 29.5. The van der Waals surface area contributed by atoms with Crippen molar-refractivity contribution in [3.63, 3.8) is 0 Å². The van der Waals surface area contributed by atoms with Crippen LogP contribution in [0, 0.1) is 0 Å². The summed E-state index contributed by atoms with van der Waals surface area (Å²) < 4.78 is 5.05. The maximum absolute atomic E-state index is 5.00. The van der Waals surface area contributed by atoms with Gasteiger partial charge in [-0.05, 0) is 131 Å². The number of para-hydroxylation sites is 2. The topological polar surface area (TPSA) is 48.5 Å². The lowest BCUT2D eigenvalue weighted by atomic mass is 9.67. The average Bonchev–Trinajstić information content (AvgIpc) is 1.51. The van der Waals surface area contributed by atoms with E-state index < -0.39 is 16.2 Å². The maximum Gasteiger partial charge on any atom is 0.164 e. The summed E-state index contributed by atoms with van der Waals surface area (Å²) in [5.74, 6) is 1.94. The van der Waals surface area contributed by atoms with Gasteiger partial charge in [-0.1, -0.05) is 376 Å². The summed E-state index contributed by atoms with van der Waals surface area (Å²) in [4.78, 5) is 14.9. The van der Waals surface area contributed by atoms with Crippen molar-refractivity contribution in [2.75, 3.05) is 0 Å². The molecule has 0 atom stereocenters. The number of nitrogens with zero attached hydrogens (tertiary/aromatic N) is 5. The molecule has 0 N–H and O–H groups in total. The zero-order valence-corrected chi connectivity index (χ0v) is 60.6. The molecule has 0 saturated carbocycles. The number of fused-ring (bicyclic) bond motifs is 20. The zero-order valence-electron chi connectivity index (χ0n) is 60.6. The third-order valence-electron chi connectivity index (χ3n) is 24.0. The fourth-order valence-corrected chi connectivity index (χ4v) is 19.7. The normalized spacial score (nSPS) is 13.6. The highest BCUT2D eigenvalue weighted by Crippen LogP contribution is 2.66. The van der Waals surface area contributed by atoms with E-state index in [4.69, 9.17) is 15.0 Å². The van der Waals surface area contributed by atoms with Gasteiger partial charge in [0.05, 0.1) is 38.7 Å². The molecule has 0 radical (unpaired) electrons. The molecule has 0 bridgehead atoms. The number of hydrogen-bond acceptors (Lipinski definition) is 3. The van der Waals surface area contributed by atoms with Gasteiger partial charge in [0.25, 0.3) is 0 Å². The molecule has 0 amide bonds. The second kappa shape index (κ2) is 25.4. The molecule has 19 aromatic rings. The minimum Gasteiger partial charge on any atom is -0.309 e. The van der Waals surface area contributed by atoms with Gasteiger partial charge < -0.3 is 9.13 Å². The standard InChI is InChI=1S/C54H34N4.C52H35N/c1-3-16-36(17-4-1)51-55-52(37-18-5-2-6-19-37)57-53(56-51)39-21-15-20-38(34-39)35-30-32-40(33-31-35)58-48-29-14-10-25-44(48)49-50(58)43-24-9-13-28-47(43)54(49)45-26-11-7-22-41(45)42-23-8-12-27-46(42)54;1-5-19-36(20-6-1)51(37-21-7-2-8-22-37)45-30-16-13-27-41(45)42-34-33-40(35-47(42)51)53-48-32-18-15-29-44(48)49-50(53)43-28-14-17-31-46(43)52(49,38-23-9-3-10-24-38)39-25-11-4-12-26-39/h1-34H;1-35H. The Morgan fingerprint density at radius 1 is 0.189 bits per heavy atom. The quantitative estimate of drug-likeness (QED) is 0.137. The van der Waals surface area contributed by atoms with Crippen LogP contribution in [0.15, 0.2) is 419 Å². The van der Waals surface area contributed by atoms with Gasteiger partial charge in [0.2, 0.25) is 0 Å². The lowest BCUT2D eigenvalue weighted by Gasteiger charge is -2.34.